The van der Waals surface area contributed by atoms with Gasteiger partial charge in [-0.1, -0.05) is 24.3 Å². The van der Waals surface area contributed by atoms with Crippen LogP contribution in [0.1, 0.15) is 18.4 Å². The highest BCUT2D eigenvalue weighted by atomic mass is 32.2. The summed E-state index contributed by atoms with van der Waals surface area (Å²) in [6.45, 7) is 0.981. The van der Waals surface area contributed by atoms with E-state index in [4.69, 9.17) is 4.74 Å². The van der Waals surface area contributed by atoms with E-state index in [2.05, 4.69) is 20.3 Å². The number of anilines is 1. The van der Waals surface area contributed by atoms with Gasteiger partial charge in [-0.25, -0.2) is 13.2 Å². The lowest BCUT2D eigenvalue weighted by Crippen LogP contribution is -2.37. The second-order valence-electron chi connectivity index (χ2n) is 6.95. The van der Waals surface area contributed by atoms with Crippen LogP contribution in [0.2, 0.25) is 0 Å². The van der Waals surface area contributed by atoms with E-state index >= 15 is 0 Å². The number of ether oxygens (including phenoxy) is 1. The average Bonchev–Trinajstić information content (AvgIpc) is 3.35. The Morgan fingerprint density at radius 2 is 2.03 bits per heavy atom. The van der Waals surface area contributed by atoms with Gasteiger partial charge in [0.25, 0.3) is 10.0 Å². The molecule has 2 aliphatic heterocycles. The van der Waals surface area contributed by atoms with Gasteiger partial charge in [-0.3, -0.25) is 9.71 Å². The summed E-state index contributed by atoms with van der Waals surface area (Å²) in [5.74, 6) is 1.32. The van der Waals surface area contributed by atoms with E-state index in [9.17, 15) is 13.2 Å². The first-order valence-corrected chi connectivity index (χ1v) is 10.9. The van der Waals surface area contributed by atoms with E-state index < -0.39 is 16.1 Å². The molecule has 9 heteroatoms. The summed E-state index contributed by atoms with van der Waals surface area (Å²) in [7, 11) is -3.73. The first-order valence-electron chi connectivity index (χ1n) is 9.45. The molecule has 1 unspecified atom stereocenters. The predicted molar refractivity (Wildman–Crippen MR) is 110 cm³/mol. The van der Waals surface area contributed by atoms with E-state index in [0.717, 1.165) is 24.2 Å². The van der Waals surface area contributed by atoms with Gasteiger partial charge in [0.1, 0.15) is 17.7 Å². The number of carbonyl (C=O) groups is 1. The average molecular weight is 414 g/mol. The highest BCUT2D eigenvalue weighted by Crippen LogP contribution is 2.27. The molecule has 2 aromatic rings. The molecule has 1 atom stereocenters. The Hall–Kier alpha value is -3.07. The molecule has 0 aromatic heterocycles. The van der Waals surface area contributed by atoms with Gasteiger partial charge < -0.3 is 15.4 Å². The maximum Gasteiger partial charge on any atom is 0.319 e. The Morgan fingerprint density at radius 1 is 1.17 bits per heavy atom. The van der Waals surface area contributed by atoms with Crippen LogP contribution in [0.15, 0.2) is 58.4 Å². The van der Waals surface area contributed by atoms with Crippen molar-refractivity contribution in [3.8, 4) is 5.75 Å². The predicted octanol–water partition coefficient (Wildman–Crippen LogP) is 2.28. The minimum Gasteiger partial charge on any atom is -0.488 e. The number of aliphatic imine (C=N–C) groups is 1. The third kappa shape index (κ3) is 4.68. The molecule has 8 nitrogen and oxygen atoms in total. The van der Waals surface area contributed by atoms with Gasteiger partial charge in [0.2, 0.25) is 0 Å². The number of nitrogens with zero attached hydrogens (tertiary/aromatic N) is 1. The van der Waals surface area contributed by atoms with E-state index in [1.54, 1.807) is 12.1 Å². The number of hydrogen-bond donors (Lipinski definition) is 3. The van der Waals surface area contributed by atoms with Gasteiger partial charge in [-0.05, 0) is 36.2 Å². The third-order valence-electron chi connectivity index (χ3n) is 4.73. The maximum atomic E-state index is 12.5. The van der Waals surface area contributed by atoms with Gasteiger partial charge in [0.15, 0.2) is 0 Å². The Kier molecular flexibility index (Phi) is 5.39. The van der Waals surface area contributed by atoms with Crippen LogP contribution in [-0.4, -0.2) is 39.5 Å². The third-order valence-corrected chi connectivity index (χ3v) is 6.11. The lowest BCUT2D eigenvalue weighted by Gasteiger charge is -2.13. The van der Waals surface area contributed by atoms with Crippen molar-refractivity contribution in [2.24, 2.45) is 4.99 Å². The molecular weight excluding hydrogens is 392 g/mol. The first kappa shape index (κ1) is 19.3. The van der Waals surface area contributed by atoms with E-state index in [0.29, 0.717) is 31.0 Å². The number of carbonyl (C=O) groups excluding carboxylic acids is 1. The van der Waals surface area contributed by atoms with Crippen molar-refractivity contribution in [2.75, 3.05) is 18.4 Å². The number of para-hydroxylation sites is 1. The largest absolute Gasteiger partial charge is 0.488 e. The molecule has 29 heavy (non-hydrogen) atoms. The molecule has 0 spiro atoms. The Bertz CT molecular complexity index is 1030. The summed E-state index contributed by atoms with van der Waals surface area (Å²) in [4.78, 5) is 16.4. The summed E-state index contributed by atoms with van der Waals surface area (Å²) in [6, 6.07) is 13.5. The lowest BCUT2D eigenvalue weighted by atomic mass is 10.1. The molecule has 0 saturated carbocycles. The molecule has 2 aromatic carbocycles. The van der Waals surface area contributed by atoms with Crippen molar-refractivity contribution < 1.29 is 17.9 Å². The van der Waals surface area contributed by atoms with Gasteiger partial charge >= 0.3 is 6.03 Å². The molecule has 0 radical (unpaired) electrons. The SMILES string of the molecule is O=C(NCC1Cc2ccccc2O1)Nc1cccc(S(=O)(=O)NC2=NCCC2)c1. The molecule has 2 amide bonds. The van der Waals surface area contributed by atoms with Gasteiger partial charge in [-0.2, -0.15) is 0 Å². The highest BCUT2D eigenvalue weighted by Gasteiger charge is 2.23. The molecule has 0 bridgehead atoms. The number of amides is 2. The van der Waals surface area contributed by atoms with E-state index in [-0.39, 0.29) is 11.0 Å². The number of hydrogen-bond acceptors (Lipinski definition) is 5. The first-order chi connectivity index (χ1) is 14.0. The van der Waals surface area contributed by atoms with Crippen LogP contribution in [-0.2, 0) is 16.4 Å². The quantitative estimate of drug-likeness (QED) is 0.697. The van der Waals surface area contributed by atoms with Crippen molar-refractivity contribution in [3.05, 3.63) is 54.1 Å². The smallest absolute Gasteiger partial charge is 0.319 e. The van der Waals surface area contributed by atoms with Gasteiger partial charge in [0, 0.05) is 25.1 Å². The number of amidine groups is 1. The Labute approximate surface area is 169 Å². The molecule has 0 fully saturated rings. The molecule has 0 saturated heterocycles. The highest BCUT2D eigenvalue weighted by molar-refractivity contribution is 7.90. The zero-order chi connectivity index (χ0) is 20.3. The van der Waals surface area contributed by atoms with Crippen LogP contribution in [0.4, 0.5) is 10.5 Å². The van der Waals surface area contributed by atoms with Crippen LogP contribution in [0, 0.1) is 0 Å². The van der Waals surface area contributed by atoms with Crippen LogP contribution < -0.4 is 20.1 Å². The zero-order valence-corrected chi connectivity index (χ0v) is 16.5. The van der Waals surface area contributed by atoms with Gasteiger partial charge in [0.05, 0.1) is 11.4 Å². The Morgan fingerprint density at radius 3 is 2.83 bits per heavy atom. The lowest BCUT2D eigenvalue weighted by molar-refractivity contribution is 0.219. The van der Waals surface area contributed by atoms with Crippen LogP contribution in [0.3, 0.4) is 0 Å². The zero-order valence-electron chi connectivity index (χ0n) is 15.7. The fourth-order valence-electron chi connectivity index (χ4n) is 3.33. The molecule has 2 aliphatic rings. The van der Waals surface area contributed by atoms with Crippen LogP contribution in [0.25, 0.3) is 0 Å². The summed E-state index contributed by atoms with van der Waals surface area (Å²) in [5.41, 5.74) is 1.51. The monoisotopic (exact) mass is 414 g/mol. The maximum absolute atomic E-state index is 12.5. The molecule has 152 valence electrons. The topological polar surface area (TPSA) is 109 Å². The van der Waals surface area contributed by atoms with Crippen molar-refractivity contribution in [1.82, 2.24) is 10.0 Å². The van der Waals surface area contributed by atoms with Crippen molar-refractivity contribution in [1.29, 1.82) is 0 Å². The second kappa shape index (κ2) is 8.12. The fourth-order valence-corrected chi connectivity index (χ4v) is 4.46. The van der Waals surface area contributed by atoms with Crippen LogP contribution >= 0.6 is 0 Å². The van der Waals surface area contributed by atoms with E-state index in [1.807, 2.05) is 24.3 Å². The van der Waals surface area contributed by atoms with Crippen LogP contribution in [0.5, 0.6) is 5.75 Å². The molecule has 0 aliphatic carbocycles. The molecule has 2 heterocycles. The number of nitrogens with one attached hydrogen (secondary N) is 3. The minimum atomic E-state index is -3.73. The number of benzene rings is 2. The molecule has 3 N–H and O–H groups in total. The molecule has 4 rings (SSSR count). The van der Waals surface area contributed by atoms with E-state index in [1.165, 1.54) is 12.1 Å². The summed E-state index contributed by atoms with van der Waals surface area (Å²) in [6.07, 6.45) is 2.07. The number of urea groups is 1. The molecular formula is C20H22N4O4S. The summed E-state index contributed by atoms with van der Waals surface area (Å²) in [5, 5.41) is 5.43. The van der Waals surface area contributed by atoms with Crippen molar-refractivity contribution in [2.45, 2.75) is 30.3 Å². The summed E-state index contributed by atoms with van der Waals surface area (Å²) >= 11 is 0. The van der Waals surface area contributed by atoms with Gasteiger partial charge in [-0.15, -0.1) is 0 Å². The summed E-state index contributed by atoms with van der Waals surface area (Å²) < 4.78 is 33.3. The van der Waals surface area contributed by atoms with Crippen molar-refractivity contribution >= 4 is 27.6 Å². The minimum absolute atomic E-state index is 0.0690. The normalized spacial score (nSPS) is 17.8. The number of fused-ring (bicyclic) bond motifs is 1. The number of sulfonamides is 1. The van der Waals surface area contributed by atoms with Crippen molar-refractivity contribution in [3.63, 3.8) is 0 Å². The standard InChI is InChI=1S/C20H22N4O4S/c25-20(22-13-16-11-14-5-1-2-8-18(14)28-16)23-15-6-3-7-17(12-15)29(26,27)24-19-9-4-10-21-19/h1-3,5-8,12,16H,4,9-11,13H2,(H,21,24)(H2,22,23,25). The Balaban J connectivity index is 1.32. The second-order valence-corrected chi connectivity index (χ2v) is 8.63. The number of rotatable bonds is 5. The fraction of sp³-hybridized carbons (Fsp3) is 0.300.